The van der Waals surface area contributed by atoms with Crippen LogP contribution >= 0.6 is 0 Å². The molecule has 1 unspecified atom stereocenters. The summed E-state index contributed by atoms with van der Waals surface area (Å²) < 4.78 is 88.3. The quantitative estimate of drug-likeness (QED) is 0.410. The van der Waals surface area contributed by atoms with Crippen molar-refractivity contribution in [2.45, 2.75) is 30.3 Å². The predicted molar refractivity (Wildman–Crippen MR) is 138 cm³/mol. The molecule has 0 saturated heterocycles. The molecule has 2 atom stereocenters. The molecule has 0 bridgehead atoms. The number of methoxy groups -OCH3 is 1. The highest BCUT2D eigenvalue weighted by Crippen LogP contribution is 2.41. The maximum atomic E-state index is 15.0. The Hall–Kier alpha value is -4.15. The molecule has 0 radical (unpaired) electrons. The molecule has 1 aliphatic rings. The molecule has 0 spiro atoms. The van der Waals surface area contributed by atoms with Crippen LogP contribution in [0.1, 0.15) is 19.4 Å². The number of nitrogens with two attached hydrogens (primary N) is 1. The second-order valence-electron chi connectivity index (χ2n) is 9.16. The van der Waals surface area contributed by atoms with Gasteiger partial charge in [0.1, 0.15) is 40.0 Å². The molecule has 1 aromatic carbocycles. The molecule has 41 heavy (non-hydrogen) atoms. The van der Waals surface area contributed by atoms with E-state index in [9.17, 15) is 21.8 Å². The molecule has 222 valence electrons. The molecule has 3 N–H and O–H groups in total. The number of nitrogens with zero attached hydrogens (tertiary/aromatic N) is 5. The number of hydrogen-bond donors (Lipinski definition) is 2. The van der Waals surface area contributed by atoms with Crippen LogP contribution in [0.25, 0.3) is 22.7 Å². The van der Waals surface area contributed by atoms with E-state index in [1.165, 1.54) is 44.8 Å². The second kappa shape index (κ2) is 11.4. The van der Waals surface area contributed by atoms with Gasteiger partial charge in [0, 0.05) is 24.2 Å². The minimum atomic E-state index is -5.08. The highest BCUT2D eigenvalue weighted by molar-refractivity contribution is 7.95. The third-order valence-electron chi connectivity index (χ3n) is 6.30. The Balaban J connectivity index is 0.000000587. The highest BCUT2D eigenvalue weighted by atomic mass is 32.2. The van der Waals surface area contributed by atoms with Gasteiger partial charge in [0.25, 0.3) is 0 Å². The number of rotatable bonds is 5. The lowest BCUT2D eigenvalue weighted by Crippen LogP contribution is -2.56. The van der Waals surface area contributed by atoms with E-state index in [0.29, 0.717) is 22.8 Å². The molecule has 0 amide bonds. The summed E-state index contributed by atoms with van der Waals surface area (Å²) in [5.41, 5.74) is 5.48. The zero-order valence-electron chi connectivity index (χ0n) is 22.1. The summed E-state index contributed by atoms with van der Waals surface area (Å²) in [7, 11) is -0.190. The van der Waals surface area contributed by atoms with Gasteiger partial charge in [0.05, 0.1) is 35.0 Å². The number of aliphatic imine (C=N–C) groups is 1. The van der Waals surface area contributed by atoms with Crippen molar-refractivity contribution in [1.82, 2.24) is 15.1 Å². The Morgan fingerprint density at radius 3 is 2.39 bits per heavy atom. The molecule has 4 rings (SSSR count). The van der Waals surface area contributed by atoms with E-state index in [4.69, 9.17) is 24.9 Å². The van der Waals surface area contributed by atoms with Crippen molar-refractivity contribution in [3.8, 4) is 28.6 Å². The number of carboxylic acids is 1. The van der Waals surface area contributed by atoms with E-state index in [2.05, 4.69) is 24.5 Å². The Bertz CT molecular complexity index is 1580. The lowest BCUT2D eigenvalue weighted by Gasteiger charge is -2.41. The number of carbonyl (C=O) groups is 1. The lowest BCUT2D eigenvalue weighted by molar-refractivity contribution is -0.192. The van der Waals surface area contributed by atoms with Crippen LogP contribution in [0, 0.1) is 5.82 Å². The number of hydrogen-bond acceptors (Lipinski definition) is 10. The average molecular weight is 605 g/mol. The SMILES string of the molecule is CN=S1(=O)C[C@](CF)(c2cc(-c3cc(-c4cnc(OC)cn4)no3)ccc2F)N=C(N)C1(C)C.O=C(O)C(F)(F)F. The number of carboxylic acid groups (broad SMARTS) is 1. The monoisotopic (exact) mass is 604 g/mol. The third kappa shape index (κ3) is 6.13. The smallest absolute Gasteiger partial charge is 0.480 e. The van der Waals surface area contributed by atoms with Crippen LogP contribution in [0.5, 0.6) is 5.88 Å². The minimum absolute atomic E-state index is 0.0446. The number of amidine groups is 1. The van der Waals surface area contributed by atoms with Gasteiger partial charge in [-0.1, -0.05) is 5.16 Å². The topological polar surface area (TPSA) is 166 Å². The van der Waals surface area contributed by atoms with Crippen molar-refractivity contribution in [3.63, 3.8) is 0 Å². The number of alkyl halides is 4. The summed E-state index contributed by atoms with van der Waals surface area (Å²) in [6.45, 7) is 2.15. The fraction of sp³-hybridized carbons (Fsp3) is 0.375. The minimum Gasteiger partial charge on any atom is -0.480 e. The highest BCUT2D eigenvalue weighted by Gasteiger charge is 2.50. The van der Waals surface area contributed by atoms with Gasteiger partial charge in [0.15, 0.2) is 5.76 Å². The zero-order valence-corrected chi connectivity index (χ0v) is 22.9. The van der Waals surface area contributed by atoms with Crippen LogP contribution in [0.3, 0.4) is 0 Å². The van der Waals surface area contributed by atoms with E-state index in [1.807, 2.05) is 0 Å². The van der Waals surface area contributed by atoms with Crippen LogP contribution in [0.15, 0.2) is 50.5 Å². The van der Waals surface area contributed by atoms with Crippen LogP contribution in [0.4, 0.5) is 22.0 Å². The van der Waals surface area contributed by atoms with Crippen molar-refractivity contribution in [3.05, 3.63) is 48.0 Å². The molecule has 0 aliphatic carbocycles. The maximum Gasteiger partial charge on any atom is 0.490 e. The van der Waals surface area contributed by atoms with Gasteiger partial charge < -0.3 is 20.1 Å². The lowest BCUT2D eigenvalue weighted by atomic mass is 9.90. The molecule has 3 aromatic rings. The van der Waals surface area contributed by atoms with Gasteiger partial charge in [-0.15, -0.1) is 0 Å². The molecule has 3 heterocycles. The van der Waals surface area contributed by atoms with Crippen molar-refractivity contribution in [2.75, 3.05) is 26.6 Å². The van der Waals surface area contributed by atoms with Gasteiger partial charge >= 0.3 is 12.1 Å². The Morgan fingerprint density at radius 1 is 1.22 bits per heavy atom. The van der Waals surface area contributed by atoms with Crippen LogP contribution in [0.2, 0.25) is 0 Å². The fourth-order valence-corrected chi connectivity index (χ4v) is 6.02. The molecular formula is C24H25F5N6O5S. The first-order valence-electron chi connectivity index (χ1n) is 11.5. The van der Waals surface area contributed by atoms with E-state index >= 15 is 4.39 Å². The zero-order chi connectivity index (χ0) is 30.8. The number of aliphatic carboxylic acids is 1. The summed E-state index contributed by atoms with van der Waals surface area (Å²) >= 11 is 0. The van der Waals surface area contributed by atoms with Gasteiger partial charge in [-0.05, 0) is 32.0 Å². The normalized spacial score (nSPS) is 21.7. The van der Waals surface area contributed by atoms with E-state index in [0.717, 1.165) is 0 Å². The van der Waals surface area contributed by atoms with Crippen molar-refractivity contribution in [2.24, 2.45) is 15.1 Å². The van der Waals surface area contributed by atoms with Crippen LogP contribution in [-0.4, -0.2) is 73.8 Å². The fourth-order valence-electron chi connectivity index (χ4n) is 3.76. The number of benzene rings is 1. The van der Waals surface area contributed by atoms with Gasteiger partial charge in [-0.2, -0.15) is 13.2 Å². The molecule has 0 fully saturated rings. The number of aromatic nitrogens is 3. The van der Waals surface area contributed by atoms with Crippen LogP contribution < -0.4 is 10.5 Å². The van der Waals surface area contributed by atoms with Crippen LogP contribution in [-0.2, 0) is 20.1 Å². The Morgan fingerprint density at radius 2 is 1.88 bits per heavy atom. The predicted octanol–water partition coefficient (Wildman–Crippen LogP) is 3.99. The maximum absolute atomic E-state index is 15.0. The summed E-state index contributed by atoms with van der Waals surface area (Å²) in [5, 5.41) is 11.1. The average Bonchev–Trinajstić information content (AvgIpc) is 3.42. The summed E-state index contributed by atoms with van der Waals surface area (Å²) in [6, 6.07) is 5.65. The Kier molecular flexibility index (Phi) is 8.71. The first-order chi connectivity index (χ1) is 19.0. The van der Waals surface area contributed by atoms with Crippen molar-refractivity contribution in [1.29, 1.82) is 0 Å². The first kappa shape index (κ1) is 31.4. The van der Waals surface area contributed by atoms with Crippen molar-refractivity contribution >= 4 is 21.5 Å². The third-order valence-corrected chi connectivity index (χ3v) is 9.57. The van der Waals surface area contributed by atoms with E-state index < -0.39 is 44.7 Å². The molecule has 2 aromatic heterocycles. The summed E-state index contributed by atoms with van der Waals surface area (Å²) in [5.74, 6) is -3.19. The largest absolute Gasteiger partial charge is 0.490 e. The second-order valence-corrected chi connectivity index (χ2v) is 12.1. The number of ether oxygens (including phenoxy) is 1. The van der Waals surface area contributed by atoms with E-state index in [-0.39, 0.29) is 22.9 Å². The molecule has 0 saturated carbocycles. The van der Waals surface area contributed by atoms with Gasteiger partial charge in [0.2, 0.25) is 5.88 Å². The molecular weight excluding hydrogens is 579 g/mol. The summed E-state index contributed by atoms with van der Waals surface area (Å²) in [6.07, 6.45) is -2.17. The van der Waals surface area contributed by atoms with Gasteiger partial charge in [-0.25, -0.2) is 32.1 Å². The van der Waals surface area contributed by atoms with E-state index in [1.54, 1.807) is 19.9 Å². The molecule has 11 nitrogen and oxygen atoms in total. The first-order valence-corrected chi connectivity index (χ1v) is 13.2. The standard InChI is InChI=1S/C22H24F2N6O3S.C2HF3O2/c1-21(2)20(25)29-22(11-23,12-34(21,31)26-3)14-7-13(5-6-15(14)24)18-8-16(30-33-18)17-9-28-19(32-4)10-27-17;3-2(4,5)1(6)7/h5-10H,11-12H2,1-4H3,(H2,25,29);(H,6,7)/t22-,34?;/m1./s1. The molecule has 17 heteroatoms. The summed E-state index contributed by atoms with van der Waals surface area (Å²) in [4.78, 5) is 21.5. The van der Waals surface area contributed by atoms with Gasteiger partial charge in [-0.3, -0.25) is 4.99 Å². The molecule has 1 aliphatic heterocycles. The Labute approximate surface area is 230 Å². The van der Waals surface area contributed by atoms with Crippen molar-refractivity contribution < 1.29 is 45.3 Å². The number of halogens is 5.